The summed E-state index contributed by atoms with van der Waals surface area (Å²) in [4.78, 5) is 11.9. The molecule has 0 fully saturated rings. The Kier molecular flexibility index (Phi) is 5.14. The Morgan fingerprint density at radius 2 is 2.27 bits per heavy atom. The van der Waals surface area contributed by atoms with Gasteiger partial charge in [-0.3, -0.25) is 9.89 Å². The molecule has 0 atom stereocenters. The lowest BCUT2D eigenvalue weighted by molar-refractivity contribution is -0.0499. The minimum atomic E-state index is -2.97. The molecule has 0 aliphatic carbocycles. The molecule has 1 heterocycles. The quantitative estimate of drug-likeness (QED) is 0.643. The van der Waals surface area contributed by atoms with Crippen LogP contribution in [0.1, 0.15) is 11.3 Å². The number of aryl methyl sites for hydroxylation is 1. The summed E-state index contributed by atoms with van der Waals surface area (Å²) in [6.45, 7) is -1.48. The predicted molar refractivity (Wildman–Crippen MR) is 82.2 cm³/mol. The second-order valence-electron chi connectivity index (χ2n) is 4.04. The number of rotatable bonds is 4. The molecule has 22 heavy (non-hydrogen) atoms. The molecule has 2 rings (SSSR count). The van der Waals surface area contributed by atoms with Crippen molar-refractivity contribution in [2.75, 3.05) is 0 Å². The van der Waals surface area contributed by atoms with Gasteiger partial charge in [0, 0.05) is 10.0 Å². The number of benzene rings is 1. The molecule has 0 aliphatic heterocycles. The van der Waals surface area contributed by atoms with E-state index in [0.29, 0.717) is 4.47 Å². The summed E-state index contributed by atoms with van der Waals surface area (Å²) in [6, 6.07) is 4.43. The fourth-order valence-electron chi connectivity index (χ4n) is 1.52. The summed E-state index contributed by atoms with van der Waals surface area (Å²) in [7, 11) is 0. The third-order valence-corrected chi connectivity index (χ3v) is 3.27. The highest BCUT2D eigenvalue weighted by atomic mass is 79.9. The lowest BCUT2D eigenvalue weighted by Gasteiger charge is -2.08. The number of aromatic amines is 1. The van der Waals surface area contributed by atoms with Crippen LogP contribution in [0.15, 0.2) is 32.6 Å². The molecule has 1 aromatic heterocycles. The van der Waals surface area contributed by atoms with Gasteiger partial charge >= 0.3 is 6.61 Å². The predicted octanol–water partition coefficient (Wildman–Crippen LogP) is 2.86. The number of alkyl halides is 2. The highest BCUT2D eigenvalue weighted by Crippen LogP contribution is 2.23. The van der Waals surface area contributed by atoms with Crippen LogP contribution in [-0.4, -0.2) is 27.7 Å². The van der Waals surface area contributed by atoms with E-state index in [0.717, 1.165) is 4.68 Å². The number of aromatic nitrogens is 3. The Labute approximate surface area is 136 Å². The first-order valence-electron chi connectivity index (χ1n) is 5.85. The Bertz CT molecular complexity index is 835. The van der Waals surface area contributed by atoms with Gasteiger partial charge in [0.15, 0.2) is 0 Å². The summed E-state index contributed by atoms with van der Waals surface area (Å²) in [5.41, 5.74) is -0.0826. The number of nitrogens with zero attached hydrogens (tertiary/aromatic N) is 3. The number of halogens is 3. The van der Waals surface area contributed by atoms with Gasteiger partial charge in [-0.25, -0.2) is 0 Å². The van der Waals surface area contributed by atoms with Gasteiger partial charge in [0.2, 0.25) is 4.77 Å². The molecule has 1 N–H and O–H groups in total. The molecular formula is C12H9BrF2N4O2S. The van der Waals surface area contributed by atoms with Crippen LogP contribution in [-0.2, 0) is 0 Å². The molecule has 0 amide bonds. The van der Waals surface area contributed by atoms with Crippen LogP contribution < -0.4 is 10.3 Å². The van der Waals surface area contributed by atoms with Gasteiger partial charge in [-0.1, -0.05) is 15.9 Å². The van der Waals surface area contributed by atoms with Crippen molar-refractivity contribution in [2.24, 2.45) is 5.10 Å². The van der Waals surface area contributed by atoms with E-state index in [4.69, 9.17) is 12.2 Å². The van der Waals surface area contributed by atoms with Crippen molar-refractivity contribution < 1.29 is 13.5 Å². The van der Waals surface area contributed by atoms with Gasteiger partial charge in [-0.15, -0.1) is 0 Å². The molecule has 0 saturated heterocycles. The van der Waals surface area contributed by atoms with E-state index in [2.05, 4.69) is 36.0 Å². The van der Waals surface area contributed by atoms with E-state index < -0.39 is 12.2 Å². The zero-order chi connectivity index (χ0) is 16.3. The van der Waals surface area contributed by atoms with E-state index in [1.54, 1.807) is 6.07 Å². The number of nitrogens with one attached hydrogen (secondary N) is 1. The van der Waals surface area contributed by atoms with Gasteiger partial charge < -0.3 is 4.74 Å². The SMILES string of the molecule is Cc1n[nH]c(=S)n(/N=C\c2cc(Br)ccc2OC(F)F)c1=O. The van der Waals surface area contributed by atoms with Crippen LogP contribution in [0.4, 0.5) is 8.78 Å². The molecule has 0 radical (unpaired) electrons. The molecule has 0 unspecified atom stereocenters. The van der Waals surface area contributed by atoms with Crippen molar-refractivity contribution >= 4 is 34.4 Å². The average Bonchev–Trinajstić information content (AvgIpc) is 2.45. The van der Waals surface area contributed by atoms with Crippen LogP contribution in [0.5, 0.6) is 5.75 Å². The highest BCUT2D eigenvalue weighted by Gasteiger charge is 2.09. The first kappa shape index (κ1) is 16.4. The minimum Gasteiger partial charge on any atom is -0.434 e. The third kappa shape index (κ3) is 3.83. The first-order chi connectivity index (χ1) is 10.4. The van der Waals surface area contributed by atoms with E-state index in [-0.39, 0.29) is 21.8 Å². The molecule has 2 aromatic rings. The van der Waals surface area contributed by atoms with Crippen LogP contribution in [0.3, 0.4) is 0 Å². The number of H-pyrrole nitrogens is 1. The van der Waals surface area contributed by atoms with E-state index in [1.807, 2.05) is 0 Å². The van der Waals surface area contributed by atoms with Crippen LogP contribution in [0, 0.1) is 11.7 Å². The molecule has 0 bridgehead atoms. The Morgan fingerprint density at radius 3 is 2.95 bits per heavy atom. The highest BCUT2D eigenvalue weighted by molar-refractivity contribution is 9.10. The number of ether oxygens (including phenoxy) is 1. The fraction of sp³-hybridized carbons (Fsp3) is 0.167. The Morgan fingerprint density at radius 1 is 1.55 bits per heavy atom. The van der Waals surface area contributed by atoms with E-state index in [9.17, 15) is 13.6 Å². The zero-order valence-electron chi connectivity index (χ0n) is 11.1. The normalized spacial score (nSPS) is 11.3. The largest absolute Gasteiger partial charge is 0.434 e. The number of hydrogen-bond acceptors (Lipinski definition) is 5. The standard InChI is InChI=1S/C12H9BrF2N4O2S/c1-6-10(20)19(12(22)18-17-6)16-5-7-4-8(13)2-3-9(7)21-11(14)15/h2-5,11H,1H3,(H,18,22)/b16-5-. The third-order valence-electron chi connectivity index (χ3n) is 2.51. The van der Waals surface area contributed by atoms with Crippen molar-refractivity contribution in [1.82, 2.24) is 14.9 Å². The summed E-state index contributed by atoms with van der Waals surface area (Å²) in [5.74, 6) is -0.0734. The van der Waals surface area contributed by atoms with Crippen LogP contribution >= 0.6 is 28.1 Å². The lowest BCUT2D eigenvalue weighted by atomic mass is 10.2. The Hall–Kier alpha value is -1.94. The molecule has 116 valence electrons. The van der Waals surface area contributed by atoms with Gasteiger partial charge in [0.25, 0.3) is 5.56 Å². The first-order valence-corrected chi connectivity index (χ1v) is 7.05. The van der Waals surface area contributed by atoms with Gasteiger partial charge in [-0.2, -0.15) is 23.7 Å². The lowest BCUT2D eigenvalue weighted by Crippen LogP contribution is -2.22. The van der Waals surface area contributed by atoms with Crippen LogP contribution in [0.25, 0.3) is 0 Å². The Balaban J connectivity index is 2.47. The maximum absolute atomic E-state index is 12.4. The molecule has 6 nitrogen and oxygen atoms in total. The van der Waals surface area contributed by atoms with Crippen molar-refractivity contribution in [2.45, 2.75) is 13.5 Å². The second-order valence-corrected chi connectivity index (χ2v) is 5.34. The topological polar surface area (TPSA) is 72.3 Å². The maximum Gasteiger partial charge on any atom is 0.387 e. The molecule has 0 saturated carbocycles. The summed E-state index contributed by atoms with van der Waals surface area (Å²) < 4.78 is 30.7. The van der Waals surface area contributed by atoms with E-state index >= 15 is 0 Å². The fourth-order valence-corrected chi connectivity index (χ4v) is 2.08. The average molecular weight is 391 g/mol. The molecule has 0 aliphatic rings. The minimum absolute atomic E-state index is 0.0156. The maximum atomic E-state index is 12.4. The summed E-state index contributed by atoms with van der Waals surface area (Å²) in [6.07, 6.45) is 1.20. The van der Waals surface area contributed by atoms with Gasteiger partial charge in [-0.05, 0) is 37.3 Å². The van der Waals surface area contributed by atoms with Crippen molar-refractivity contribution in [3.05, 3.63) is 49.1 Å². The van der Waals surface area contributed by atoms with Crippen molar-refractivity contribution in [3.8, 4) is 5.75 Å². The van der Waals surface area contributed by atoms with Crippen molar-refractivity contribution in [3.63, 3.8) is 0 Å². The summed E-state index contributed by atoms with van der Waals surface area (Å²) in [5, 5.41) is 10.1. The smallest absolute Gasteiger partial charge is 0.387 e. The second kappa shape index (κ2) is 6.88. The van der Waals surface area contributed by atoms with Crippen LogP contribution in [0.2, 0.25) is 0 Å². The van der Waals surface area contributed by atoms with E-state index in [1.165, 1.54) is 25.3 Å². The van der Waals surface area contributed by atoms with Gasteiger partial charge in [0.05, 0.1) is 6.21 Å². The van der Waals surface area contributed by atoms with Crippen molar-refractivity contribution in [1.29, 1.82) is 0 Å². The van der Waals surface area contributed by atoms with Gasteiger partial charge in [0.1, 0.15) is 11.4 Å². The molecule has 1 aromatic carbocycles. The molecule has 0 spiro atoms. The summed E-state index contributed by atoms with van der Waals surface area (Å²) >= 11 is 8.13. The molecule has 10 heteroatoms. The molecular weight excluding hydrogens is 382 g/mol. The zero-order valence-corrected chi connectivity index (χ0v) is 13.5. The monoisotopic (exact) mass is 390 g/mol. The number of hydrogen-bond donors (Lipinski definition) is 1.